The summed E-state index contributed by atoms with van der Waals surface area (Å²) in [7, 11) is 0. The van der Waals surface area contributed by atoms with Gasteiger partial charge in [-0.3, -0.25) is 9.58 Å². The molecule has 4 rings (SSSR count). The van der Waals surface area contributed by atoms with Gasteiger partial charge in [-0.1, -0.05) is 0 Å². The fourth-order valence-electron chi connectivity index (χ4n) is 3.27. The Balaban J connectivity index is 1.44. The summed E-state index contributed by atoms with van der Waals surface area (Å²) in [6.45, 7) is 3.57. The zero-order valence-electron chi connectivity index (χ0n) is 13.4. The molecule has 2 aromatic heterocycles. The monoisotopic (exact) mass is 329 g/mol. The van der Waals surface area contributed by atoms with Gasteiger partial charge in [-0.25, -0.2) is 9.37 Å². The van der Waals surface area contributed by atoms with E-state index < -0.39 is 0 Å². The molecule has 7 heteroatoms. The standard InChI is InChI=1S/C17H20FN5O/c18-12-2-3-15-16(8-12)20-17(19-15)4-7-22-5-1-6-23-14(10-22)9-13(11-24)21-23/h2-3,8-9,24H,1,4-7,10-11H2,(H,19,20). The largest absolute Gasteiger partial charge is 0.390 e. The summed E-state index contributed by atoms with van der Waals surface area (Å²) < 4.78 is 15.3. The first kappa shape index (κ1) is 15.3. The number of hydrogen-bond acceptors (Lipinski definition) is 4. The van der Waals surface area contributed by atoms with Gasteiger partial charge in [0.1, 0.15) is 11.6 Å². The van der Waals surface area contributed by atoms with E-state index >= 15 is 0 Å². The summed E-state index contributed by atoms with van der Waals surface area (Å²) in [5.74, 6) is 0.627. The van der Waals surface area contributed by atoms with Gasteiger partial charge in [-0.05, 0) is 30.7 Å². The Labute approximate surface area is 138 Å². The quantitative estimate of drug-likeness (QED) is 0.766. The zero-order chi connectivity index (χ0) is 16.5. The molecule has 0 amide bonds. The van der Waals surface area contributed by atoms with Crippen molar-refractivity contribution in [1.82, 2.24) is 24.6 Å². The molecule has 0 fully saturated rings. The number of aryl methyl sites for hydroxylation is 1. The Hall–Kier alpha value is -2.25. The highest BCUT2D eigenvalue weighted by Gasteiger charge is 2.16. The summed E-state index contributed by atoms with van der Waals surface area (Å²) in [5, 5.41) is 13.6. The predicted molar refractivity (Wildman–Crippen MR) is 87.8 cm³/mol. The van der Waals surface area contributed by atoms with E-state index in [9.17, 15) is 9.50 Å². The van der Waals surface area contributed by atoms with Gasteiger partial charge in [-0.2, -0.15) is 5.10 Å². The number of aliphatic hydroxyl groups is 1. The smallest absolute Gasteiger partial charge is 0.125 e. The fraction of sp³-hybridized carbons (Fsp3) is 0.412. The van der Waals surface area contributed by atoms with Gasteiger partial charge in [0.15, 0.2) is 0 Å². The Kier molecular flexibility index (Phi) is 4.03. The molecular weight excluding hydrogens is 309 g/mol. The third-order valence-corrected chi connectivity index (χ3v) is 4.46. The van der Waals surface area contributed by atoms with Crippen molar-refractivity contribution >= 4 is 11.0 Å². The molecule has 126 valence electrons. The lowest BCUT2D eigenvalue weighted by atomic mass is 10.3. The first-order chi connectivity index (χ1) is 11.7. The second kappa shape index (κ2) is 6.33. The van der Waals surface area contributed by atoms with Crippen LogP contribution in [0.2, 0.25) is 0 Å². The maximum Gasteiger partial charge on any atom is 0.125 e. The molecule has 0 aliphatic carbocycles. The van der Waals surface area contributed by atoms with Gasteiger partial charge in [0.2, 0.25) is 0 Å². The van der Waals surface area contributed by atoms with E-state index in [1.165, 1.54) is 12.1 Å². The molecule has 0 bridgehead atoms. The van der Waals surface area contributed by atoms with Crippen molar-refractivity contribution in [3.8, 4) is 0 Å². The van der Waals surface area contributed by atoms with Crippen LogP contribution in [0, 0.1) is 5.82 Å². The number of H-pyrrole nitrogens is 1. The number of aliphatic hydroxyl groups excluding tert-OH is 1. The summed E-state index contributed by atoms with van der Waals surface area (Å²) in [5.41, 5.74) is 3.41. The minimum atomic E-state index is -0.252. The Morgan fingerprint density at radius 3 is 3.04 bits per heavy atom. The van der Waals surface area contributed by atoms with E-state index in [0.717, 1.165) is 67.3 Å². The fourth-order valence-corrected chi connectivity index (χ4v) is 3.27. The van der Waals surface area contributed by atoms with Crippen molar-refractivity contribution in [2.45, 2.75) is 32.5 Å². The van der Waals surface area contributed by atoms with E-state index in [2.05, 4.69) is 20.0 Å². The molecule has 0 radical (unpaired) electrons. The molecule has 1 aromatic carbocycles. The van der Waals surface area contributed by atoms with Crippen LogP contribution in [0.25, 0.3) is 11.0 Å². The topological polar surface area (TPSA) is 70.0 Å². The average molecular weight is 329 g/mol. The zero-order valence-corrected chi connectivity index (χ0v) is 13.4. The number of nitrogens with one attached hydrogen (secondary N) is 1. The van der Waals surface area contributed by atoms with Crippen molar-refractivity contribution in [2.75, 3.05) is 13.1 Å². The molecule has 0 unspecified atom stereocenters. The number of hydrogen-bond donors (Lipinski definition) is 2. The Bertz CT molecular complexity index is 856. The third-order valence-electron chi connectivity index (χ3n) is 4.46. The van der Waals surface area contributed by atoms with E-state index in [1.807, 2.05) is 10.7 Å². The summed E-state index contributed by atoms with van der Waals surface area (Å²) >= 11 is 0. The van der Waals surface area contributed by atoms with Crippen molar-refractivity contribution in [2.24, 2.45) is 0 Å². The van der Waals surface area contributed by atoms with Crippen LogP contribution in [0.15, 0.2) is 24.3 Å². The SMILES string of the molecule is OCc1cc2n(n1)CCCN(CCc1nc3ccc(F)cc3[nH]1)C2. The first-order valence-corrected chi connectivity index (χ1v) is 8.24. The predicted octanol–water partition coefficient (Wildman–Crippen LogP) is 1.84. The van der Waals surface area contributed by atoms with Crippen molar-refractivity contribution in [3.05, 3.63) is 47.3 Å². The summed E-state index contributed by atoms with van der Waals surface area (Å²) in [6, 6.07) is 6.59. The van der Waals surface area contributed by atoms with Gasteiger partial charge < -0.3 is 10.1 Å². The van der Waals surface area contributed by atoms with Gasteiger partial charge in [0.05, 0.1) is 29.0 Å². The van der Waals surface area contributed by atoms with E-state index in [0.29, 0.717) is 0 Å². The molecular formula is C17H20FN5O. The maximum absolute atomic E-state index is 13.3. The van der Waals surface area contributed by atoms with Crippen molar-refractivity contribution in [1.29, 1.82) is 0 Å². The van der Waals surface area contributed by atoms with Crippen LogP contribution in [0.3, 0.4) is 0 Å². The summed E-state index contributed by atoms with van der Waals surface area (Å²) in [4.78, 5) is 10.1. The van der Waals surface area contributed by atoms with Crippen LogP contribution in [0.1, 0.15) is 23.6 Å². The second-order valence-corrected chi connectivity index (χ2v) is 6.23. The highest BCUT2D eigenvalue weighted by Crippen LogP contribution is 2.16. The lowest BCUT2D eigenvalue weighted by Gasteiger charge is -2.18. The number of fused-ring (bicyclic) bond motifs is 2. The first-order valence-electron chi connectivity index (χ1n) is 8.24. The van der Waals surface area contributed by atoms with Gasteiger partial charge in [-0.15, -0.1) is 0 Å². The molecule has 0 saturated heterocycles. The normalized spacial score (nSPS) is 15.6. The number of halogens is 1. The number of rotatable bonds is 4. The highest BCUT2D eigenvalue weighted by molar-refractivity contribution is 5.74. The number of aromatic amines is 1. The van der Waals surface area contributed by atoms with Gasteiger partial charge in [0, 0.05) is 32.6 Å². The number of aromatic nitrogens is 4. The van der Waals surface area contributed by atoms with Crippen LogP contribution >= 0.6 is 0 Å². The van der Waals surface area contributed by atoms with Crippen molar-refractivity contribution < 1.29 is 9.50 Å². The van der Waals surface area contributed by atoms with Crippen LogP contribution in [-0.2, 0) is 26.1 Å². The van der Waals surface area contributed by atoms with E-state index in [1.54, 1.807) is 6.07 Å². The molecule has 24 heavy (non-hydrogen) atoms. The molecule has 3 heterocycles. The minimum Gasteiger partial charge on any atom is -0.390 e. The molecule has 1 aliphatic heterocycles. The third kappa shape index (κ3) is 3.05. The lowest BCUT2D eigenvalue weighted by molar-refractivity contribution is 0.268. The van der Waals surface area contributed by atoms with Crippen LogP contribution in [0.4, 0.5) is 4.39 Å². The number of benzene rings is 1. The Morgan fingerprint density at radius 1 is 1.25 bits per heavy atom. The number of nitrogens with zero attached hydrogens (tertiary/aromatic N) is 4. The van der Waals surface area contributed by atoms with Crippen molar-refractivity contribution in [3.63, 3.8) is 0 Å². The van der Waals surface area contributed by atoms with Gasteiger partial charge in [0.25, 0.3) is 0 Å². The van der Waals surface area contributed by atoms with Crippen LogP contribution in [-0.4, -0.2) is 42.8 Å². The molecule has 6 nitrogen and oxygen atoms in total. The van der Waals surface area contributed by atoms with E-state index in [4.69, 9.17) is 0 Å². The molecule has 0 spiro atoms. The molecule has 2 N–H and O–H groups in total. The van der Waals surface area contributed by atoms with Gasteiger partial charge >= 0.3 is 0 Å². The highest BCUT2D eigenvalue weighted by atomic mass is 19.1. The van der Waals surface area contributed by atoms with Crippen LogP contribution in [0.5, 0.6) is 0 Å². The Morgan fingerprint density at radius 2 is 2.17 bits per heavy atom. The summed E-state index contributed by atoms with van der Waals surface area (Å²) in [6.07, 6.45) is 1.82. The average Bonchev–Trinajstić information content (AvgIpc) is 3.10. The maximum atomic E-state index is 13.3. The molecule has 1 aliphatic rings. The number of imidazole rings is 1. The van der Waals surface area contributed by atoms with Crippen LogP contribution < -0.4 is 0 Å². The molecule has 0 atom stereocenters. The van der Waals surface area contributed by atoms with E-state index in [-0.39, 0.29) is 12.4 Å². The minimum absolute atomic E-state index is 0.0183. The molecule has 3 aromatic rings. The second-order valence-electron chi connectivity index (χ2n) is 6.23. The molecule has 0 saturated carbocycles. The lowest BCUT2D eigenvalue weighted by Crippen LogP contribution is -2.26.